The topological polar surface area (TPSA) is 150 Å². The molecule has 0 radical (unpaired) electrons. The van der Waals surface area contributed by atoms with Crippen molar-refractivity contribution in [2.24, 2.45) is 0 Å². The minimum atomic E-state index is -0.223. The van der Waals surface area contributed by atoms with Gasteiger partial charge in [-0.15, -0.1) is 10.2 Å². The van der Waals surface area contributed by atoms with E-state index in [2.05, 4.69) is 35.8 Å². The zero-order valence-electron chi connectivity index (χ0n) is 19.4. The average Bonchev–Trinajstić information content (AvgIpc) is 3.49. The molecule has 5 aromatic rings. The summed E-state index contributed by atoms with van der Waals surface area (Å²) >= 11 is 0. The van der Waals surface area contributed by atoms with Crippen LogP contribution in [0.25, 0.3) is 34.1 Å². The monoisotopic (exact) mass is 469 g/mol. The number of nitrogen functional groups attached to an aromatic ring is 1. The summed E-state index contributed by atoms with van der Waals surface area (Å²) in [5, 5.41) is 14.3. The molecule has 0 aliphatic rings. The highest BCUT2D eigenvalue weighted by Gasteiger charge is 2.17. The molecule has 0 saturated carbocycles. The third-order valence-corrected chi connectivity index (χ3v) is 5.27. The highest BCUT2D eigenvalue weighted by molar-refractivity contribution is 5.94. The molecule has 3 heterocycles. The minimum Gasteiger partial charge on any atom is -0.416 e. The molecule has 0 unspecified atom stereocenters. The summed E-state index contributed by atoms with van der Waals surface area (Å²) in [6.07, 6.45) is 1.69. The molecule has 5 rings (SSSR count). The number of imidazole rings is 1. The molecule has 11 heteroatoms. The van der Waals surface area contributed by atoms with Crippen LogP contribution in [-0.2, 0) is 4.79 Å². The molecular weight excluding hydrogens is 446 g/mol. The molecule has 0 aliphatic heterocycles. The van der Waals surface area contributed by atoms with E-state index < -0.39 is 0 Å². The number of fused-ring (bicyclic) bond motifs is 1. The Morgan fingerprint density at radius 3 is 2.46 bits per heavy atom. The molecular formula is C24H23N9O2. The van der Waals surface area contributed by atoms with E-state index in [0.29, 0.717) is 39.9 Å². The van der Waals surface area contributed by atoms with E-state index in [-0.39, 0.29) is 23.7 Å². The number of hydrogen-bond donors (Lipinski definition) is 3. The Labute approximate surface area is 200 Å². The van der Waals surface area contributed by atoms with Crippen molar-refractivity contribution in [2.45, 2.75) is 26.8 Å². The lowest BCUT2D eigenvalue weighted by Crippen LogP contribution is -2.10. The highest BCUT2D eigenvalue weighted by atomic mass is 16.4. The van der Waals surface area contributed by atoms with Gasteiger partial charge in [0.2, 0.25) is 23.6 Å². The van der Waals surface area contributed by atoms with Crippen molar-refractivity contribution in [3.05, 3.63) is 54.9 Å². The van der Waals surface area contributed by atoms with Crippen molar-refractivity contribution in [1.82, 2.24) is 29.7 Å². The van der Waals surface area contributed by atoms with Gasteiger partial charge in [0.25, 0.3) is 0 Å². The molecule has 35 heavy (non-hydrogen) atoms. The number of rotatable bonds is 6. The van der Waals surface area contributed by atoms with Gasteiger partial charge in [0.1, 0.15) is 5.52 Å². The summed E-state index contributed by atoms with van der Waals surface area (Å²) < 4.78 is 7.80. The van der Waals surface area contributed by atoms with Crippen LogP contribution in [0.15, 0.2) is 59.3 Å². The van der Waals surface area contributed by atoms with E-state index in [0.717, 1.165) is 5.56 Å². The van der Waals surface area contributed by atoms with Crippen molar-refractivity contribution < 1.29 is 9.21 Å². The lowest BCUT2D eigenvalue weighted by Gasteiger charge is -2.13. The molecule has 0 aliphatic carbocycles. The first-order valence-corrected chi connectivity index (χ1v) is 11.0. The van der Waals surface area contributed by atoms with E-state index in [1.54, 1.807) is 24.5 Å². The molecule has 176 valence electrons. The van der Waals surface area contributed by atoms with Gasteiger partial charge in [-0.1, -0.05) is 18.2 Å². The van der Waals surface area contributed by atoms with Gasteiger partial charge in [0.15, 0.2) is 11.5 Å². The number of carbonyl (C=O) groups is 1. The van der Waals surface area contributed by atoms with Crippen molar-refractivity contribution >= 4 is 40.2 Å². The van der Waals surface area contributed by atoms with Gasteiger partial charge in [-0.05, 0) is 44.2 Å². The van der Waals surface area contributed by atoms with E-state index in [4.69, 9.17) is 10.2 Å². The van der Waals surface area contributed by atoms with Crippen LogP contribution in [0.2, 0.25) is 0 Å². The lowest BCUT2D eigenvalue weighted by atomic mass is 10.1. The fraction of sp³-hybridized carbons (Fsp3) is 0.167. The second-order valence-electron chi connectivity index (χ2n) is 8.20. The predicted octanol–water partition coefficient (Wildman–Crippen LogP) is 4.41. The van der Waals surface area contributed by atoms with Crippen LogP contribution in [0.3, 0.4) is 0 Å². The summed E-state index contributed by atoms with van der Waals surface area (Å²) in [5.74, 6) is 1.02. The Kier molecular flexibility index (Phi) is 5.57. The van der Waals surface area contributed by atoms with E-state index in [9.17, 15) is 4.79 Å². The van der Waals surface area contributed by atoms with Crippen LogP contribution < -0.4 is 16.4 Å². The molecule has 0 atom stereocenters. The molecule has 0 spiro atoms. The predicted molar refractivity (Wildman–Crippen MR) is 133 cm³/mol. The highest BCUT2D eigenvalue weighted by Crippen LogP contribution is 2.32. The van der Waals surface area contributed by atoms with Crippen molar-refractivity contribution in [3.8, 4) is 22.9 Å². The van der Waals surface area contributed by atoms with Gasteiger partial charge in [-0.25, -0.2) is 4.98 Å². The quantitative estimate of drug-likeness (QED) is 0.328. The number of amides is 1. The fourth-order valence-corrected chi connectivity index (χ4v) is 3.61. The van der Waals surface area contributed by atoms with Crippen LogP contribution in [-0.4, -0.2) is 35.6 Å². The maximum Gasteiger partial charge on any atom is 0.248 e. The first-order chi connectivity index (χ1) is 16.9. The third kappa shape index (κ3) is 4.38. The largest absolute Gasteiger partial charge is 0.416 e. The van der Waals surface area contributed by atoms with Crippen molar-refractivity contribution in [3.63, 3.8) is 0 Å². The summed E-state index contributed by atoms with van der Waals surface area (Å²) in [6.45, 7) is 5.49. The number of hydrogen-bond acceptors (Lipinski definition) is 9. The number of aromatic nitrogens is 6. The average molecular weight is 470 g/mol. The van der Waals surface area contributed by atoms with Crippen LogP contribution in [0.5, 0.6) is 0 Å². The van der Waals surface area contributed by atoms with Gasteiger partial charge in [0, 0.05) is 24.1 Å². The minimum absolute atomic E-state index is 0.136. The summed E-state index contributed by atoms with van der Waals surface area (Å²) in [5.41, 5.74) is 9.82. The second kappa shape index (κ2) is 8.86. The summed E-state index contributed by atoms with van der Waals surface area (Å²) in [6, 6.07) is 14.9. The van der Waals surface area contributed by atoms with E-state index in [1.807, 2.05) is 48.7 Å². The number of nitrogens with two attached hydrogens (primary N) is 1. The normalized spacial score (nSPS) is 11.2. The van der Waals surface area contributed by atoms with E-state index in [1.165, 1.54) is 6.92 Å². The molecule has 0 bridgehead atoms. The number of carbonyl (C=O) groups excluding carboxylic acids is 1. The van der Waals surface area contributed by atoms with Crippen molar-refractivity contribution in [2.75, 3.05) is 16.4 Å². The summed E-state index contributed by atoms with van der Waals surface area (Å²) in [4.78, 5) is 25.1. The SMILES string of the molecule is CC(=O)Nc1ccc(-c2nnc(-c3ccccc3)o2)cc1Nc1nc(N)c2ncn(C(C)C)c2n1. The molecule has 11 nitrogen and oxygen atoms in total. The molecule has 0 saturated heterocycles. The van der Waals surface area contributed by atoms with Crippen LogP contribution in [0.1, 0.15) is 26.8 Å². The first-order valence-electron chi connectivity index (χ1n) is 11.0. The summed E-state index contributed by atoms with van der Waals surface area (Å²) in [7, 11) is 0. The fourth-order valence-electron chi connectivity index (χ4n) is 3.61. The number of benzene rings is 2. The Bertz CT molecular complexity index is 1520. The molecule has 1 amide bonds. The maximum absolute atomic E-state index is 11.8. The standard InChI is InChI=1S/C24H23N9O2/c1-13(2)33-12-26-19-20(25)29-24(30-21(19)33)28-18-11-16(9-10-17(18)27-14(3)34)23-32-31-22(35-23)15-7-5-4-6-8-15/h4-13H,1-3H3,(H,27,34)(H3,25,28,29,30). The smallest absolute Gasteiger partial charge is 0.248 e. The zero-order chi connectivity index (χ0) is 24.5. The Hall–Kier alpha value is -4.80. The van der Waals surface area contributed by atoms with Gasteiger partial charge in [-0.3, -0.25) is 4.79 Å². The Morgan fingerprint density at radius 2 is 1.74 bits per heavy atom. The van der Waals surface area contributed by atoms with Gasteiger partial charge in [-0.2, -0.15) is 9.97 Å². The van der Waals surface area contributed by atoms with Gasteiger partial charge >= 0.3 is 0 Å². The van der Waals surface area contributed by atoms with Crippen LogP contribution in [0.4, 0.5) is 23.1 Å². The molecule has 0 fully saturated rings. The van der Waals surface area contributed by atoms with Crippen molar-refractivity contribution in [1.29, 1.82) is 0 Å². The van der Waals surface area contributed by atoms with Crippen LogP contribution in [0, 0.1) is 0 Å². The van der Waals surface area contributed by atoms with Gasteiger partial charge < -0.3 is 25.4 Å². The molecule has 2 aromatic carbocycles. The Balaban J connectivity index is 1.54. The first kappa shape index (κ1) is 22.0. The third-order valence-electron chi connectivity index (χ3n) is 5.27. The maximum atomic E-state index is 11.8. The second-order valence-corrected chi connectivity index (χ2v) is 8.20. The van der Waals surface area contributed by atoms with Crippen LogP contribution >= 0.6 is 0 Å². The number of nitrogens with zero attached hydrogens (tertiary/aromatic N) is 6. The number of anilines is 4. The zero-order valence-corrected chi connectivity index (χ0v) is 19.4. The van der Waals surface area contributed by atoms with Gasteiger partial charge in [0.05, 0.1) is 17.7 Å². The molecule has 3 aromatic heterocycles. The lowest BCUT2D eigenvalue weighted by molar-refractivity contribution is -0.114. The Morgan fingerprint density at radius 1 is 1.00 bits per heavy atom. The number of nitrogens with one attached hydrogen (secondary N) is 2. The molecule has 4 N–H and O–H groups in total. The van der Waals surface area contributed by atoms with E-state index >= 15 is 0 Å².